The van der Waals surface area contributed by atoms with Gasteiger partial charge in [0.2, 0.25) is 11.8 Å². The number of carbonyl (C=O) groups excluding carboxylic acids is 3. The number of imide groups is 1. The Morgan fingerprint density at radius 3 is 2.55 bits per heavy atom. The SMILES string of the molecule is Cc1csc(NC(=O)C2CCN(CC(=O)NC(=O)N[C@@H]3CCCC[C@@H]3C)CC2)n1. The molecule has 1 aliphatic carbocycles. The van der Waals surface area contributed by atoms with Crippen molar-refractivity contribution in [2.24, 2.45) is 11.8 Å². The highest BCUT2D eigenvalue weighted by Crippen LogP contribution is 2.24. The van der Waals surface area contributed by atoms with Crippen LogP contribution in [0.2, 0.25) is 0 Å². The second-order valence-electron chi connectivity index (χ2n) is 8.22. The van der Waals surface area contributed by atoms with Crippen molar-refractivity contribution in [1.82, 2.24) is 20.5 Å². The molecule has 1 aromatic rings. The molecule has 1 aliphatic heterocycles. The summed E-state index contributed by atoms with van der Waals surface area (Å²) in [5.74, 6) is 0.0641. The molecule has 9 heteroatoms. The summed E-state index contributed by atoms with van der Waals surface area (Å²) in [5, 5.41) is 10.8. The van der Waals surface area contributed by atoms with Gasteiger partial charge in [-0.05, 0) is 51.6 Å². The third-order valence-corrected chi connectivity index (χ3v) is 6.73. The summed E-state index contributed by atoms with van der Waals surface area (Å²) >= 11 is 1.42. The molecule has 2 atom stereocenters. The number of aryl methyl sites for hydroxylation is 1. The van der Waals surface area contributed by atoms with Crippen molar-refractivity contribution in [3.8, 4) is 0 Å². The first kappa shape index (κ1) is 21.7. The van der Waals surface area contributed by atoms with Gasteiger partial charge in [-0.25, -0.2) is 9.78 Å². The van der Waals surface area contributed by atoms with Gasteiger partial charge in [0.25, 0.3) is 0 Å². The van der Waals surface area contributed by atoms with Crippen molar-refractivity contribution in [3.05, 3.63) is 11.1 Å². The lowest BCUT2D eigenvalue weighted by Crippen LogP contribution is -2.50. The zero-order chi connectivity index (χ0) is 20.8. The summed E-state index contributed by atoms with van der Waals surface area (Å²) < 4.78 is 0. The first-order valence-electron chi connectivity index (χ1n) is 10.5. The minimum Gasteiger partial charge on any atom is -0.335 e. The molecule has 0 unspecified atom stereocenters. The Balaban J connectivity index is 1.35. The summed E-state index contributed by atoms with van der Waals surface area (Å²) in [5.41, 5.74) is 0.896. The van der Waals surface area contributed by atoms with E-state index >= 15 is 0 Å². The molecular weight excluding hydrogens is 390 g/mol. The van der Waals surface area contributed by atoms with Crippen LogP contribution in [-0.2, 0) is 9.59 Å². The first-order chi connectivity index (χ1) is 13.9. The highest BCUT2D eigenvalue weighted by Gasteiger charge is 2.27. The zero-order valence-corrected chi connectivity index (χ0v) is 18.0. The van der Waals surface area contributed by atoms with Crippen LogP contribution in [0, 0.1) is 18.8 Å². The number of likely N-dealkylation sites (tertiary alicyclic amines) is 1. The molecule has 3 rings (SSSR count). The molecule has 1 saturated carbocycles. The van der Waals surface area contributed by atoms with Gasteiger partial charge in [-0.15, -0.1) is 11.3 Å². The Labute approximate surface area is 175 Å². The van der Waals surface area contributed by atoms with Gasteiger partial charge in [-0.3, -0.25) is 19.8 Å². The molecule has 1 aromatic heterocycles. The lowest BCUT2D eigenvalue weighted by atomic mass is 9.86. The standard InChI is InChI=1S/C20H31N5O3S/c1-13-5-3-4-6-16(13)22-19(28)23-17(26)11-25-9-7-15(8-10-25)18(27)24-20-21-14(2)12-29-20/h12-13,15-16H,3-11H2,1-2H3,(H,21,24,27)(H2,22,23,26,28)/t13-,16+/m0/s1. The van der Waals surface area contributed by atoms with Gasteiger partial charge >= 0.3 is 6.03 Å². The Morgan fingerprint density at radius 1 is 1.17 bits per heavy atom. The molecule has 8 nitrogen and oxygen atoms in total. The minimum atomic E-state index is -0.401. The van der Waals surface area contributed by atoms with Crippen molar-refractivity contribution in [2.75, 3.05) is 25.0 Å². The van der Waals surface area contributed by atoms with Crippen LogP contribution in [0.25, 0.3) is 0 Å². The maximum Gasteiger partial charge on any atom is 0.321 e. The van der Waals surface area contributed by atoms with E-state index in [-0.39, 0.29) is 30.3 Å². The Kier molecular flexibility index (Phi) is 7.60. The monoisotopic (exact) mass is 421 g/mol. The van der Waals surface area contributed by atoms with Crippen LogP contribution in [0.4, 0.5) is 9.93 Å². The average molecular weight is 422 g/mol. The van der Waals surface area contributed by atoms with E-state index < -0.39 is 6.03 Å². The molecule has 0 spiro atoms. The number of urea groups is 1. The summed E-state index contributed by atoms with van der Waals surface area (Å²) in [7, 11) is 0. The minimum absolute atomic E-state index is 0.00979. The van der Waals surface area contributed by atoms with E-state index in [1.165, 1.54) is 17.8 Å². The number of piperidine rings is 1. The number of rotatable bonds is 5. The second kappa shape index (κ2) is 10.2. The van der Waals surface area contributed by atoms with E-state index in [2.05, 4.69) is 27.9 Å². The first-order valence-corrected chi connectivity index (χ1v) is 11.3. The van der Waals surface area contributed by atoms with Crippen LogP contribution in [-0.4, -0.2) is 53.4 Å². The van der Waals surface area contributed by atoms with Gasteiger partial charge in [-0.1, -0.05) is 19.8 Å². The number of thiazole rings is 1. The van der Waals surface area contributed by atoms with E-state index in [9.17, 15) is 14.4 Å². The van der Waals surface area contributed by atoms with Gasteiger partial charge in [-0.2, -0.15) is 0 Å². The Hall–Kier alpha value is -2.00. The van der Waals surface area contributed by atoms with E-state index in [4.69, 9.17) is 0 Å². The normalized spacial score (nSPS) is 23.4. The Bertz CT molecular complexity index is 729. The summed E-state index contributed by atoms with van der Waals surface area (Å²) in [6, 6.07) is -0.255. The number of hydrogen-bond donors (Lipinski definition) is 3. The molecule has 1 saturated heterocycles. The summed E-state index contributed by atoms with van der Waals surface area (Å²) in [6.07, 6.45) is 5.79. The van der Waals surface area contributed by atoms with Gasteiger partial charge in [0, 0.05) is 17.3 Å². The number of nitrogens with one attached hydrogen (secondary N) is 3. The predicted octanol–water partition coefficient (Wildman–Crippen LogP) is 2.51. The lowest BCUT2D eigenvalue weighted by molar-refractivity contribution is -0.122. The van der Waals surface area contributed by atoms with Crippen molar-refractivity contribution in [2.45, 2.75) is 58.4 Å². The van der Waals surface area contributed by atoms with Crippen LogP contribution in [0.5, 0.6) is 0 Å². The molecule has 29 heavy (non-hydrogen) atoms. The third kappa shape index (κ3) is 6.50. The molecule has 2 fully saturated rings. The molecule has 0 aromatic carbocycles. The van der Waals surface area contributed by atoms with E-state index in [1.54, 1.807) is 0 Å². The lowest BCUT2D eigenvalue weighted by Gasteiger charge is -2.31. The summed E-state index contributed by atoms with van der Waals surface area (Å²) in [6.45, 7) is 5.52. The number of anilines is 1. The number of nitrogens with zero attached hydrogens (tertiary/aromatic N) is 2. The average Bonchev–Trinajstić information content (AvgIpc) is 3.08. The number of amides is 4. The van der Waals surface area contributed by atoms with Crippen LogP contribution >= 0.6 is 11.3 Å². The Morgan fingerprint density at radius 2 is 1.90 bits per heavy atom. The van der Waals surface area contributed by atoms with Crippen molar-refractivity contribution < 1.29 is 14.4 Å². The van der Waals surface area contributed by atoms with E-state index in [1.807, 2.05) is 17.2 Å². The molecule has 0 radical (unpaired) electrons. The molecule has 3 N–H and O–H groups in total. The molecule has 160 valence electrons. The summed E-state index contributed by atoms with van der Waals surface area (Å²) in [4.78, 5) is 42.9. The number of carbonyl (C=O) groups is 3. The topological polar surface area (TPSA) is 103 Å². The molecule has 4 amide bonds. The fraction of sp³-hybridized carbons (Fsp3) is 0.700. The third-order valence-electron chi connectivity index (χ3n) is 5.86. The van der Waals surface area contributed by atoms with Crippen molar-refractivity contribution >= 4 is 34.3 Å². The fourth-order valence-corrected chi connectivity index (χ4v) is 4.77. The maximum atomic E-state index is 12.4. The van der Waals surface area contributed by atoms with Crippen LogP contribution in [0.15, 0.2) is 5.38 Å². The van der Waals surface area contributed by atoms with E-state index in [0.29, 0.717) is 37.0 Å². The van der Waals surface area contributed by atoms with Crippen molar-refractivity contribution in [1.29, 1.82) is 0 Å². The van der Waals surface area contributed by atoms with Gasteiger partial charge in [0.15, 0.2) is 5.13 Å². The van der Waals surface area contributed by atoms with Crippen LogP contribution in [0.1, 0.15) is 51.1 Å². The zero-order valence-electron chi connectivity index (χ0n) is 17.2. The quantitative estimate of drug-likeness (QED) is 0.678. The highest BCUT2D eigenvalue weighted by molar-refractivity contribution is 7.13. The molecular formula is C20H31N5O3S. The van der Waals surface area contributed by atoms with Crippen LogP contribution < -0.4 is 16.0 Å². The smallest absolute Gasteiger partial charge is 0.321 e. The largest absolute Gasteiger partial charge is 0.335 e. The maximum absolute atomic E-state index is 12.4. The van der Waals surface area contributed by atoms with Crippen molar-refractivity contribution in [3.63, 3.8) is 0 Å². The van der Waals surface area contributed by atoms with Gasteiger partial charge in [0.05, 0.1) is 12.2 Å². The molecule has 2 aliphatic rings. The second-order valence-corrected chi connectivity index (χ2v) is 9.08. The van der Waals surface area contributed by atoms with Crippen LogP contribution in [0.3, 0.4) is 0 Å². The molecule has 0 bridgehead atoms. The fourth-order valence-electron chi connectivity index (χ4n) is 4.08. The van der Waals surface area contributed by atoms with Gasteiger partial charge < -0.3 is 10.6 Å². The number of hydrogen-bond acceptors (Lipinski definition) is 6. The highest BCUT2D eigenvalue weighted by atomic mass is 32.1. The van der Waals surface area contributed by atoms with E-state index in [0.717, 1.165) is 25.0 Å². The molecule has 2 heterocycles. The number of aromatic nitrogens is 1. The van der Waals surface area contributed by atoms with Gasteiger partial charge in [0.1, 0.15) is 0 Å². The predicted molar refractivity (Wildman–Crippen MR) is 113 cm³/mol.